The van der Waals surface area contributed by atoms with Gasteiger partial charge in [0.15, 0.2) is 0 Å². The third-order valence-corrected chi connectivity index (χ3v) is 3.75. The number of aryl methyl sites for hydroxylation is 1. The molecule has 26 heavy (non-hydrogen) atoms. The standard InChI is InChI=1S/C18H19N5O3/c1-13-7-8-22(21-13)12-17(24)20-15-9-19-23(11-15)10-14-5-3-4-6-16(14)18(25)26-2/h3-9,11H,10,12H2,1-2H3,(H,20,24). The van der Waals surface area contributed by atoms with Crippen LogP contribution in [0.5, 0.6) is 0 Å². The number of carbonyl (C=O) groups is 2. The van der Waals surface area contributed by atoms with Crippen molar-refractivity contribution >= 4 is 17.6 Å². The van der Waals surface area contributed by atoms with Crippen molar-refractivity contribution in [1.82, 2.24) is 19.6 Å². The van der Waals surface area contributed by atoms with Crippen molar-refractivity contribution in [2.45, 2.75) is 20.0 Å². The predicted molar refractivity (Wildman–Crippen MR) is 94.7 cm³/mol. The van der Waals surface area contributed by atoms with Crippen molar-refractivity contribution in [3.8, 4) is 0 Å². The van der Waals surface area contributed by atoms with E-state index >= 15 is 0 Å². The number of hydrogen-bond acceptors (Lipinski definition) is 5. The molecule has 0 fully saturated rings. The van der Waals surface area contributed by atoms with Gasteiger partial charge in [0.25, 0.3) is 0 Å². The number of methoxy groups -OCH3 is 1. The van der Waals surface area contributed by atoms with Gasteiger partial charge in [-0.3, -0.25) is 14.2 Å². The molecule has 0 saturated carbocycles. The van der Waals surface area contributed by atoms with E-state index in [1.165, 1.54) is 7.11 Å². The molecule has 0 radical (unpaired) electrons. The number of rotatable bonds is 6. The summed E-state index contributed by atoms with van der Waals surface area (Å²) >= 11 is 0. The van der Waals surface area contributed by atoms with Gasteiger partial charge in [0.1, 0.15) is 6.54 Å². The average molecular weight is 353 g/mol. The Morgan fingerprint density at radius 2 is 2.00 bits per heavy atom. The van der Waals surface area contributed by atoms with Crippen LogP contribution in [0.15, 0.2) is 48.9 Å². The Kier molecular flexibility index (Phi) is 5.12. The van der Waals surface area contributed by atoms with E-state index in [0.717, 1.165) is 11.3 Å². The number of nitrogens with one attached hydrogen (secondary N) is 1. The highest BCUT2D eigenvalue weighted by molar-refractivity contribution is 5.91. The number of esters is 1. The minimum atomic E-state index is -0.393. The van der Waals surface area contributed by atoms with E-state index in [-0.39, 0.29) is 12.5 Å². The van der Waals surface area contributed by atoms with E-state index in [2.05, 4.69) is 15.5 Å². The van der Waals surface area contributed by atoms with Gasteiger partial charge < -0.3 is 10.1 Å². The summed E-state index contributed by atoms with van der Waals surface area (Å²) < 4.78 is 8.02. The molecule has 2 heterocycles. The topological polar surface area (TPSA) is 91.0 Å². The molecule has 0 spiro atoms. The molecular weight excluding hydrogens is 334 g/mol. The normalized spacial score (nSPS) is 10.5. The lowest BCUT2D eigenvalue weighted by atomic mass is 10.1. The summed E-state index contributed by atoms with van der Waals surface area (Å²) in [6.45, 7) is 2.38. The molecule has 3 rings (SSSR count). The second kappa shape index (κ2) is 7.64. The zero-order valence-corrected chi connectivity index (χ0v) is 14.5. The number of hydrogen-bond donors (Lipinski definition) is 1. The molecule has 3 aromatic rings. The van der Waals surface area contributed by atoms with Crippen molar-refractivity contribution in [2.75, 3.05) is 12.4 Å². The van der Waals surface area contributed by atoms with E-state index < -0.39 is 5.97 Å². The maximum Gasteiger partial charge on any atom is 0.338 e. The van der Waals surface area contributed by atoms with Crippen LogP contribution in [0.1, 0.15) is 21.6 Å². The summed E-state index contributed by atoms with van der Waals surface area (Å²) in [4.78, 5) is 23.9. The van der Waals surface area contributed by atoms with E-state index in [1.807, 2.05) is 25.1 Å². The van der Waals surface area contributed by atoms with Crippen LogP contribution in [0.25, 0.3) is 0 Å². The van der Waals surface area contributed by atoms with Crippen LogP contribution in [-0.2, 0) is 22.6 Å². The zero-order chi connectivity index (χ0) is 18.5. The first-order chi connectivity index (χ1) is 12.5. The molecule has 0 bridgehead atoms. The number of aromatic nitrogens is 4. The van der Waals surface area contributed by atoms with Crippen molar-refractivity contribution in [3.63, 3.8) is 0 Å². The second-order valence-corrected chi connectivity index (χ2v) is 5.78. The first-order valence-electron chi connectivity index (χ1n) is 8.04. The predicted octanol–water partition coefficient (Wildman–Crippen LogP) is 1.86. The molecule has 0 saturated heterocycles. The Morgan fingerprint density at radius 3 is 2.73 bits per heavy atom. The molecule has 8 heteroatoms. The fourth-order valence-corrected chi connectivity index (χ4v) is 2.56. The van der Waals surface area contributed by atoms with Crippen LogP contribution in [0.3, 0.4) is 0 Å². The highest BCUT2D eigenvalue weighted by atomic mass is 16.5. The van der Waals surface area contributed by atoms with Crippen molar-refractivity contribution < 1.29 is 14.3 Å². The second-order valence-electron chi connectivity index (χ2n) is 5.78. The quantitative estimate of drug-likeness (QED) is 0.683. The van der Waals surface area contributed by atoms with Gasteiger partial charge in [0, 0.05) is 12.4 Å². The Bertz CT molecular complexity index is 928. The number of anilines is 1. The summed E-state index contributed by atoms with van der Waals surface area (Å²) in [6.07, 6.45) is 5.02. The van der Waals surface area contributed by atoms with Crippen LogP contribution < -0.4 is 5.32 Å². The smallest absolute Gasteiger partial charge is 0.338 e. The lowest BCUT2D eigenvalue weighted by Gasteiger charge is -2.07. The van der Waals surface area contributed by atoms with Crippen LogP contribution in [0, 0.1) is 6.92 Å². The Morgan fingerprint density at radius 1 is 1.19 bits per heavy atom. The summed E-state index contributed by atoms with van der Waals surface area (Å²) in [6, 6.07) is 9.01. The minimum absolute atomic E-state index is 0.129. The Labute approximate surface area is 150 Å². The molecule has 0 aliphatic carbocycles. The van der Waals surface area contributed by atoms with E-state index in [0.29, 0.717) is 17.8 Å². The fourth-order valence-electron chi connectivity index (χ4n) is 2.56. The molecule has 8 nitrogen and oxygen atoms in total. The van der Waals surface area contributed by atoms with Crippen LogP contribution in [0.4, 0.5) is 5.69 Å². The number of benzene rings is 1. The maximum absolute atomic E-state index is 12.1. The first kappa shape index (κ1) is 17.4. The van der Waals surface area contributed by atoms with E-state index in [4.69, 9.17) is 4.74 Å². The first-order valence-corrected chi connectivity index (χ1v) is 8.04. The summed E-state index contributed by atoms with van der Waals surface area (Å²) in [5.74, 6) is -0.585. The van der Waals surface area contributed by atoms with Gasteiger partial charge in [-0.1, -0.05) is 18.2 Å². The van der Waals surface area contributed by atoms with Crippen molar-refractivity contribution in [2.24, 2.45) is 0 Å². The number of nitrogens with zero attached hydrogens (tertiary/aromatic N) is 4. The molecule has 134 valence electrons. The molecule has 2 aromatic heterocycles. The largest absolute Gasteiger partial charge is 0.465 e. The molecular formula is C18H19N5O3. The van der Waals surface area contributed by atoms with Gasteiger partial charge >= 0.3 is 5.97 Å². The van der Waals surface area contributed by atoms with Gasteiger partial charge in [-0.05, 0) is 24.6 Å². The third-order valence-electron chi connectivity index (χ3n) is 3.75. The SMILES string of the molecule is COC(=O)c1ccccc1Cn1cc(NC(=O)Cn2ccc(C)n2)cn1. The molecule has 0 aliphatic rings. The third kappa shape index (κ3) is 4.15. The highest BCUT2D eigenvalue weighted by Gasteiger charge is 2.12. The summed E-state index contributed by atoms with van der Waals surface area (Å²) in [5, 5.41) is 11.2. The monoisotopic (exact) mass is 353 g/mol. The Balaban J connectivity index is 1.65. The Hall–Kier alpha value is -3.42. The molecule has 0 atom stereocenters. The number of carbonyl (C=O) groups excluding carboxylic acids is 2. The lowest BCUT2D eigenvalue weighted by Crippen LogP contribution is -2.18. The molecule has 1 aromatic carbocycles. The summed E-state index contributed by atoms with van der Waals surface area (Å²) in [5.41, 5.74) is 2.71. The van der Waals surface area contributed by atoms with Gasteiger partial charge in [0.2, 0.25) is 5.91 Å². The van der Waals surface area contributed by atoms with Gasteiger partial charge in [-0.25, -0.2) is 4.79 Å². The number of amides is 1. The van der Waals surface area contributed by atoms with Crippen LogP contribution in [0.2, 0.25) is 0 Å². The van der Waals surface area contributed by atoms with Gasteiger partial charge in [0.05, 0.1) is 36.8 Å². The highest BCUT2D eigenvalue weighted by Crippen LogP contribution is 2.13. The average Bonchev–Trinajstić information content (AvgIpc) is 3.23. The molecule has 0 unspecified atom stereocenters. The molecule has 1 amide bonds. The number of ether oxygens (including phenoxy) is 1. The van der Waals surface area contributed by atoms with Gasteiger partial charge in [-0.15, -0.1) is 0 Å². The summed E-state index contributed by atoms with van der Waals surface area (Å²) in [7, 11) is 1.35. The lowest BCUT2D eigenvalue weighted by molar-refractivity contribution is -0.116. The maximum atomic E-state index is 12.1. The van der Waals surface area contributed by atoms with Crippen molar-refractivity contribution in [1.29, 1.82) is 0 Å². The van der Waals surface area contributed by atoms with Crippen LogP contribution in [-0.4, -0.2) is 38.5 Å². The fraction of sp³-hybridized carbons (Fsp3) is 0.222. The zero-order valence-electron chi connectivity index (χ0n) is 14.5. The van der Waals surface area contributed by atoms with Crippen LogP contribution >= 0.6 is 0 Å². The minimum Gasteiger partial charge on any atom is -0.465 e. The van der Waals surface area contributed by atoms with E-state index in [9.17, 15) is 9.59 Å². The van der Waals surface area contributed by atoms with Gasteiger partial charge in [-0.2, -0.15) is 10.2 Å². The van der Waals surface area contributed by atoms with Crippen molar-refractivity contribution in [3.05, 3.63) is 65.7 Å². The molecule has 1 N–H and O–H groups in total. The van der Waals surface area contributed by atoms with E-state index in [1.54, 1.807) is 40.1 Å². The molecule has 0 aliphatic heterocycles.